The fourth-order valence-corrected chi connectivity index (χ4v) is 4.45. The number of thiazole rings is 1. The number of hydrogen-bond acceptors (Lipinski definition) is 6. The summed E-state index contributed by atoms with van der Waals surface area (Å²) in [6, 6.07) is 8.81. The summed E-state index contributed by atoms with van der Waals surface area (Å²) in [5.41, 5.74) is 1.43. The molecule has 28 heavy (non-hydrogen) atoms. The first-order chi connectivity index (χ1) is 13.5. The lowest BCUT2D eigenvalue weighted by Gasteiger charge is -2.20. The van der Waals surface area contributed by atoms with Crippen molar-refractivity contribution in [2.24, 2.45) is 11.8 Å². The minimum atomic E-state index is -0.174. The number of nitrogens with one attached hydrogen (secondary N) is 1. The Bertz CT molecular complexity index is 951. The second-order valence-corrected chi connectivity index (χ2v) is 8.22. The van der Waals surface area contributed by atoms with Crippen LogP contribution in [0.25, 0.3) is 0 Å². The van der Waals surface area contributed by atoms with Crippen LogP contribution in [0.3, 0.4) is 0 Å². The lowest BCUT2D eigenvalue weighted by molar-refractivity contribution is 0.0674. The van der Waals surface area contributed by atoms with Gasteiger partial charge in [0.05, 0.1) is 29.4 Å². The van der Waals surface area contributed by atoms with E-state index in [0.717, 1.165) is 5.01 Å². The average molecular weight is 396 g/mol. The highest BCUT2D eigenvalue weighted by molar-refractivity contribution is 7.09. The van der Waals surface area contributed by atoms with E-state index in [4.69, 9.17) is 10.00 Å². The molecular weight excluding hydrogens is 376 g/mol. The van der Waals surface area contributed by atoms with E-state index in [1.807, 2.05) is 6.92 Å². The van der Waals surface area contributed by atoms with Gasteiger partial charge in [0.1, 0.15) is 5.69 Å². The molecule has 7 nitrogen and oxygen atoms in total. The molecule has 2 aromatic rings. The first-order valence-electron chi connectivity index (χ1n) is 9.16. The summed E-state index contributed by atoms with van der Waals surface area (Å²) in [5.74, 6) is 0.0976. The maximum absolute atomic E-state index is 12.8. The smallest absolute Gasteiger partial charge is 0.270 e. The molecule has 1 aromatic carbocycles. The van der Waals surface area contributed by atoms with E-state index in [1.54, 1.807) is 34.5 Å². The van der Waals surface area contributed by atoms with Gasteiger partial charge in [0, 0.05) is 42.4 Å². The number of nitriles is 1. The zero-order valence-corrected chi connectivity index (χ0v) is 16.2. The van der Waals surface area contributed by atoms with Gasteiger partial charge in [0.25, 0.3) is 11.8 Å². The number of benzene rings is 1. The standard InChI is InChI=1S/C20H20N4O3S/c1-12-23-17(11-28-12)19(25)22-7-15-10-27-18-9-24(8-16(15)18)20(26)14-4-2-3-13(5-14)6-21/h2-5,11,15-16,18H,7-10H2,1H3,(H,22,25)/t15-,16+,18+/m0/s1. The third-order valence-corrected chi connectivity index (χ3v) is 6.11. The molecule has 1 aromatic heterocycles. The highest BCUT2D eigenvalue weighted by Gasteiger charge is 2.45. The molecule has 144 valence electrons. The molecule has 2 aliphatic heterocycles. The molecule has 0 saturated carbocycles. The molecule has 8 heteroatoms. The van der Waals surface area contributed by atoms with E-state index in [0.29, 0.717) is 43.1 Å². The summed E-state index contributed by atoms with van der Waals surface area (Å²) < 4.78 is 5.88. The molecule has 0 radical (unpaired) electrons. The van der Waals surface area contributed by atoms with E-state index in [2.05, 4.69) is 16.4 Å². The minimum absolute atomic E-state index is 0.00785. The predicted molar refractivity (Wildman–Crippen MR) is 103 cm³/mol. The summed E-state index contributed by atoms with van der Waals surface area (Å²) in [5, 5.41) is 14.6. The monoisotopic (exact) mass is 396 g/mol. The van der Waals surface area contributed by atoms with Crippen molar-refractivity contribution in [2.45, 2.75) is 13.0 Å². The second kappa shape index (κ2) is 7.70. The van der Waals surface area contributed by atoms with Crippen LogP contribution < -0.4 is 5.32 Å². The molecule has 1 N–H and O–H groups in total. The van der Waals surface area contributed by atoms with Crippen LogP contribution in [0.15, 0.2) is 29.6 Å². The van der Waals surface area contributed by atoms with Crippen molar-refractivity contribution in [3.63, 3.8) is 0 Å². The molecular formula is C20H20N4O3S. The van der Waals surface area contributed by atoms with E-state index < -0.39 is 0 Å². The molecule has 2 amide bonds. The van der Waals surface area contributed by atoms with Gasteiger partial charge < -0.3 is 15.0 Å². The summed E-state index contributed by atoms with van der Waals surface area (Å²) in [6.07, 6.45) is -0.00785. The molecule has 0 aliphatic carbocycles. The van der Waals surface area contributed by atoms with Crippen molar-refractivity contribution in [3.8, 4) is 6.07 Å². The molecule has 4 rings (SSSR count). The highest BCUT2D eigenvalue weighted by atomic mass is 32.1. The van der Waals surface area contributed by atoms with E-state index in [1.165, 1.54) is 11.3 Å². The van der Waals surface area contributed by atoms with Crippen LogP contribution in [0.2, 0.25) is 0 Å². The fourth-order valence-electron chi connectivity index (χ4n) is 3.86. The van der Waals surface area contributed by atoms with Gasteiger partial charge in [0.15, 0.2) is 0 Å². The molecule has 2 saturated heterocycles. The molecule has 0 bridgehead atoms. The Hall–Kier alpha value is -2.76. The maximum atomic E-state index is 12.8. The number of fused-ring (bicyclic) bond motifs is 1. The molecule has 3 atom stereocenters. The molecule has 2 aliphatic rings. The summed E-state index contributed by atoms with van der Waals surface area (Å²) >= 11 is 1.45. The zero-order valence-electron chi connectivity index (χ0n) is 15.4. The molecule has 3 heterocycles. The van der Waals surface area contributed by atoms with Crippen LogP contribution >= 0.6 is 11.3 Å². The van der Waals surface area contributed by atoms with Crippen LogP contribution in [0.5, 0.6) is 0 Å². The largest absolute Gasteiger partial charge is 0.376 e. The van der Waals surface area contributed by atoms with Crippen LogP contribution in [-0.4, -0.2) is 54.0 Å². The van der Waals surface area contributed by atoms with Crippen molar-refractivity contribution >= 4 is 23.2 Å². The highest BCUT2D eigenvalue weighted by Crippen LogP contribution is 2.34. The van der Waals surface area contributed by atoms with Gasteiger partial charge in [-0.25, -0.2) is 4.98 Å². The lowest BCUT2D eigenvalue weighted by Crippen LogP contribution is -2.35. The van der Waals surface area contributed by atoms with Crippen molar-refractivity contribution in [1.29, 1.82) is 5.26 Å². The summed E-state index contributed by atoms with van der Waals surface area (Å²) in [6.45, 7) is 4.08. The number of carbonyl (C=O) groups excluding carboxylic acids is 2. The number of amides is 2. The van der Waals surface area contributed by atoms with Gasteiger partial charge in [-0.2, -0.15) is 5.26 Å². The van der Waals surface area contributed by atoms with Gasteiger partial charge >= 0.3 is 0 Å². The Morgan fingerprint density at radius 3 is 3.04 bits per heavy atom. The van der Waals surface area contributed by atoms with Gasteiger partial charge in [-0.1, -0.05) is 6.07 Å². The Labute approximate surface area is 166 Å². The van der Waals surface area contributed by atoms with Gasteiger partial charge in [-0.05, 0) is 25.1 Å². The van der Waals surface area contributed by atoms with Gasteiger partial charge in [-0.15, -0.1) is 11.3 Å². The van der Waals surface area contributed by atoms with E-state index >= 15 is 0 Å². The minimum Gasteiger partial charge on any atom is -0.376 e. The fraction of sp³-hybridized carbons (Fsp3) is 0.400. The van der Waals surface area contributed by atoms with Crippen molar-refractivity contribution in [1.82, 2.24) is 15.2 Å². The Balaban J connectivity index is 1.36. The topological polar surface area (TPSA) is 95.3 Å². The van der Waals surface area contributed by atoms with Crippen molar-refractivity contribution < 1.29 is 14.3 Å². The third kappa shape index (κ3) is 3.63. The number of rotatable bonds is 4. The lowest BCUT2D eigenvalue weighted by atomic mass is 9.93. The summed E-state index contributed by atoms with van der Waals surface area (Å²) in [7, 11) is 0. The maximum Gasteiger partial charge on any atom is 0.270 e. The molecule has 2 fully saturated rings. The van der Waals surface area contributed by atoms with E-state index in [-0.39, 0.29) is 29.8 Å². The van der Waals surface area contributed by atoms with Crippen molar-refractivity contribution in [2.75, 3.05) is 26.2 Å². The Morgan fingerprint density at radius 1 is 1.43 bits per heavy atom. The van der Waals surface area contributed by atoms with Crippen LogP contribution in [0, 0.1) is 30.1 Å². The normalized spacial score (nSPS) is 23.3. The van der Waals surface area contributed by atoms with Crippen LogP contribution in [-0.2, 0) is 4.74 Å². The molecule has 0 spiro atoms. The number of aromatic nitrogens is 1. The SMILES string of the molecule is Cc1nc(C(=O)NC[C@H]2CO[C@@H]3CN(C(=O)c4cccc(C#N)c4)C[C@H]23)cs1. The number of ether oxygens (including phenoxy) is 1. The Morgan fingerprint density at radius 2 is 2.29 bits per heavy atom. The number of hydrogen-bond donors (Lipinski definition) is 1. The van der Waals surface area contributed by atoms with Crippen molar-refractivity contribution in [3.05, 3.63) is 51.5 Å². The summed E-state index contributed by atoms with van der Waals surface area (Å²) in [4.78, 5) is 31.0. The van der Waals surface area contributed by atoms with E-state index in [9.17, 15) is 9.59 Å². The zero-order chi connectivity index (χ0) is 19.7. The first-order valence-corrected chi connectivity index (χ1v) is 10.0. The number of aryl methyl sites for hydroxylation is 1. The van der Waals surface area contributed by atoms with Gasteiger partial charge in [-0.3, -0.25) is 9.59 Å². The third-order valence-electron chi connectivity index (χ3n) is 5.34. The van der Waals surface area contributed by atoms with Crippen LogP contribution in [0.4, 0.5) is 0 Å². The average Bonchev–Trinajstić information content (AvgIpc) is 3.41. The number of carbonyl (C=O) groups is 2. The second-order valence-electron chi connectivity index (χ2n) is 7.16. The number of nitrogens with zero attached hydrogens (tertiary/aromatic N) is 3. The molecule has 0 unspecified atom stereocenters. The van der Waals surface area contributed by atoms with Gasteiger partial charge in [0.2, 0.25) is 0 Å². The first kappa shape index (κ1) is 18.6. The van der Waals surface area contributed by atoms with Crippen LogP contribution in [0.1, 0.15) is 31.4 Å². The number of likely N-dealkylation sites (tertiary alicyclic amines) is 1. The Kier molecular flexibility index (Phi) is 5.11. The predicted octanol–water partition coefficient (Wildman–Crippen LogP) is 1.84. The quantitative estimate of drug-likeness (QED) is 0.851.